The third-order valence-electron chi connectivity index (χ3n) is 4.52. The molecule has 0 saturated carbocycles. The van der Waals surface area contributed by atoms with Crippen LogP contribution in [0.25, 0.3) is 0 Å². The summed E-state index contributed by atoms with van der Waals surface area (Å²) < 4.78 is 22.4. The van der Waals surface area contributed by atoms with Crippen LogP contribution in [0.15, 0.2) is 36.4 Å². The summed E-state index contributed by atoms with van der Waals surface area (Å²) in [6.07, 6.45) is 3.30. The van der Waals surface area contributed by atoms with E-state index in [2.05, 4.69) is 13.8 Å². The van der Waals surface area contributed by atoms with E-state index in [9.17, 15) is 5.11 Å². The number of rotatable bonds is 12. The molecule has 0 radical (unpaired) electrons. The van der Waals surface area contributed by atoms with Crippen molar-refractivity contribution in [3.63, 3.8) is 0 Å². The Morgan fingerprint density at radius 2 is 1.14 bits per heavy atom. The summed E-state index contributed by atoms with van der Waals surface area (Å²) in [6.45, 7) is 5.53. The van der Waals surface area contributed by atoms with Crippen molar-refractivity contribution in [2.45, 2.75) is 45.6 Å². The van der Waals surface area contributed by atoms with Gasteiger partial charge in [0, 0.05) is 0 Å². The van der Waals surface area contributed by atoms with Crippen LogP contribution in [-0.2, 0) is 0 Å². The van der Waals surface area contributed by atoms with Gasteiger partial charge in [0.2, 0.25) is 0 Å². The molecule has 1 N–H and O–H groups in total. The quantitative estimate of drug-likeness (QED) is 0.510. The minimum absolute atomic E-state index is 0.610. The standard InChI is InChI=1S/C23H32O5/c1-5-7-13-27-19-11-9-17(15-21(19)25-3)23(24)18-10-12-20(22(16-18)26-4)28-14-8-6-2/h9-12,15-16,23-24H,5-8,13-14H2,1-4H3. The van der Waals surface area contributed by atoms with Crippen molar-refractivity contribution in [1.29, 1.82) is 0 Å². The fraction of sp³-hybridized carbons (Fsp3) is 0.478. The first kappa shape index (κ1) is 21.9. The van der Waals surface area contributed by atoms with Crippen LogP contribution >= 0.6 is 0 Å². The van der Waals surface area contributed by atoms with E-state index in [1.54, 1.807) is 14.2 Å². The van der Waals surface area contributed by atoms with E-state index in [1.165, 1.54) is 0 Å². The molecule has 0 aliphatic carbocycles. The Morgan fingerprint density at radius 3 is 1.50 bits per heavy atom. The Labute approximate surface area is 168 Å². The zero-order valence-corrected chi connectivity index (χ0v) is 17.4. The maximum atomic E-state index is 10.8. The Hall–Kier alpha value is -2.40. The molecular formula is C23H32O5. The third kappa shape index (κ3) is 5.80. The van der Waals surface area contributed by atoms with Crippen LogP contribution in [-0.4, -0.2) is 32.5 Å². The van der Waals surface area contributed by atoms with Crippen LogP contribution in [0.2, 0.25) is 0 Å². The third-order valence-corrected chi connectivity index (χ3v) is 4.52. The predicted octanol–water partition coefficient (Wildman–Crippen LogP) is 5.14. The van der Waals surface area contributed by atoms with E-state index in [-0.39, 0.29) is 0 Å². The van der Waals surface area contributed by atoms with Crippen molar-refractivity contribution in [2.24, 2.45) is 0 Å². The number of hydrogen-bond acceptors (Lipinski definition) is 5. The normalized spacial score (nSPS) is 10.8. The molecule has 0 aliphatic heterocycles. The van der Waals surface area contributed by atoms with E-state index < -0.39 is 6.10 Å². The molecule has 2 rings (SSSR count). The van der Waals surface area contributed by atoms with Crippen molar-refractivity contribution in [3.05, 3.63) is 47.5 Å². The summed E-state index contributed by atoms with van der Waals surface area (Å²) in [5.41, 5.74) is 1.45. The highest BCUT2D eigenvalue weighted by molar-refractivity contribution is 5.48. The molecule has 0 spiro atoms. The van der Waals surface area contributed by atoms with Gasteiger partial charge in [-0.1, -0.05) is 38.8 Å². The lowest BCUT2D eigenvalue weighted by Crippen LogP contribution is -2.04. The first-order valence-electron chi connectivity index (χ1n) is 9.94. The first-order valence-corrected chi connectivity index (χ1v) is 9.94. The van der Waals surface area contributed by atoms with Gasteiger partial charge in [0.05, 0.1) is 27.4 Å². The van der Waals surface area contributed by atoms with Gasteiger partial charge in [-0.3, -0.25) is 0 Å². The molecule has 0 saturated heterocycles. The minimum Gasteiger partial charge on any atom is -0.493 e. The van der Waals surface area contributed by atoms with E-state index in [0.29, 0.717) is 36.2 Å². The lowest BCUT2D eigenvalue weighted by atomic mass is 10.0. The molecule has 0 amide bonds. The number of ether oxygens (including phenoxy) is 4. The molecule has 0 bridgehead atoms. The zero-order chi connectivity index (χ0) is 20.4. The van der Waals surface area contributed by atoms with Gasteiger partial charge in [-0.25, -0.2) is 0 Å². The topological polar surface area (TPSA) is 57.2 Å². The van der Waals surface area contributed by atoms with Crippen LogP contribution < -0.4 is 18.9 Å². The predicted molar refractivity (Wildman–Crippen MR) is 111 cm³/mol. The minimum atomic E-state index is -0.808. The first-order chi connectivity index (χ1) is 13.6. The van der Waals surface area contributed by atoms with Gasteiger partial charge < -0.3 is 24.1 Å². The van der Waals surface area contributed by atoms with Gasteiger partial charge in [0.1, 0.15) is 6.10 Å². The second-order valence-corrected chi connectivity index (χ2v) is 6.63. The molecule has 0 heterocycles. The molecule has 2 aromatic carbocycles. The van der Waals surface area contributed by atoms with Crippen molar-refractivity contribution in [3.8, 4) is 23.0 Å². The number of unbranched alkanes of at least 4 members (excludes halogenated alkanes) is 2. The zero-order valence-electron chi connectivity index (χ0n) is 17.4. The summed E-state index contributed by atoms with van der Waals surface area (Å²) in [7, 11) is 3.20. The molecule has 0 atom stereocenters. The summed E-state index contributed by atoms with van der Waals surface area (Å²) in [5.74, 6) is 2.59. The SMILES string of the molecule is CCCCOc1ccc(C(O)c2ccc(OCCCC)c(OC)c2)cc1OC. The Morgan fingerprint density at radius 1 is 0.714 bits per heavy atom. The molecule has 28 heavy (non-hydrogen) atoms. The second kappa shape index (κ2) is 11.4. The molecule has 0 unspecified atom stereocenters. The molecule has 154 valence electrons. The Balaban J connectivity index is 2.19. The van der Waals surface area contributed by atoms with Crippen LogP contribution in [0.5, 0.6) is 23.0 Å². The summed E-state index contributed by atoms with van der Waals surface area (Å²) in [4.78, 5) is 0. The molecule has 0 fully saturated rings. The van der Waals surface area contributed by atoms with Crippen molar-refractivity contribution in [2.75, 3.05) is 27.4 Å². The molecular weight excluding hydrogens is 356 g/mol. The summed E-state index contributed by atoms with van der Waals surface area (Å²) in [5, 5.41) is 10.8. The lowest BCUT2D eigenvalue weighted by molar-refractivity contribution is 0.218. The molecule has 0 aromatic heterocycles. The lowest BCUT2D eigenvalue weighted by Gasteiger charge is -2.17. The second-order valence-electron chi connectivity index (χ2n) is 6.63. The molecule has 0 aliphatic rings. The van der Waals surface area contributed by atoms with E-state index >= 15 is 0 Å². The summed E-state index contributed by atoms with van der Waals surface area (Å²) >= 11 is 0. The number of aliphatic hydroxyl groups excluding tert-OH is 1. The average molecular weight is 389 g/mol. The highest BCUT2D eigenvalue weighted by Gasteiger charge is 2.16. The van der Waals surface area contributed by atoms with Crippen molar-refractivity contribution < 1.29 is 24.1 Å². The van der Waals surface area contributed by atoms with Gasteiger partial charge in [0.15, 0.2) is 23.0 Å². The largest absolute Gasteiger partial charge is 0.493 e. The van der Waals surface area contributed by atoms with Crippen LogP contribution in [0.3, 0.4) is 0 Å². The maximum Gasteiger partial charge on any atom is 0.161 e. The molecule has 5 heteroatoms. The maximum absolute atomic E-state index is 10.8. The monoisotopic (exact) mass is 388 g/mol. The van der Waals surface area contributed by atoms with Gasteiger partial charge in [-0.2, -0.15) is 0 Å². The van der Waals surface area contributed by atoms with Crippen molar-refractivity contribution in [1.82, 2.24) is 0 Å². The van der Waals surface area contributed by atoms with Crippen LogP contribution in [0.4, 0.5) is 0 Å². The van der Waals surface area contributed by atoms with Crippen LogP contribution in [0.1, 0.15) is 56.8 Å². The highest BCUT2D eigenvalue weighted by Crippen LogP contribution is 2.35. The van der Waals surface area contributed by atoms with E-state index in [0.717, 1.165) is 36.8 Å². The number of methoxy groups -OCH3 is 2. The van der Waals surface area contributed by atoms with E-state index in [4.69, 9.17) is 18.9 Å². The van der Waals surface area contributed by atoms with E-state index in [1.807, 2.05) is 36.4 Å². The number of benzene rings is 2. The van der Waals surface area contributed by atoms with Gasteiger partial charge in [0.25, 0.3) is 0 Å². The van der Waals surface area contributed by atoms with Crippen molar-refractivity contribution >= 4 is 0 Å². The fourth-order valence-corrected chi connectivity index (χ4v) is 2.79. The van der Waals surface area contributed by atoms with Gasteiger partial charge in [-0.05, 0) is 48.2 Å². The smallest absolute Gasteiger partial charge is 0.161 e. The van der Waals surface area contributed by atoms with Gasteiger partial charge >= 0.3 is 0 Å². The van der Waals surface area contributed by atoms with Crippen LogP contribution in [0, 0.1) is 0 Å². The fourth-order valence-electron chi connectivity index (χ4n) is 2.79. The highest BCUT2D eigenvalue weighted by atomic mass is 16.5. The Bertz CT molecular complexity index is 667. The summed E-state index contributed by atoms with van der Waals surface area (Å²) in [6, 6.07) is 11.0. The molecule has 2 aromatic rings. The van der Waals surface area contributed by atoms with Gasteiger partial charge in [-0.15, -0.1) is 0 Å². The average Bonchev–Trinajstić information content (AvgIpc) is 2.73. The Kier molecular flexibility index (Phi) is 8.95. The number of aliphatic hydroxyl groups is 1. The molecule has 5 nitrogen and oxygen atoms in total. The number of hydrogen-bond donors (Lipinski definition) is 1.